The molecule has 8 heteroatoms. The molecule has 2 heterocycles. The molecule has 0 fully saturated rings. The van der Waals surface area contributed by atoms with Crippen molar-refractivity contribution in [3.8, 4) is 11.4 Å². The van der Waals surface area contributed by atoms with E-state index in [4.69, 9.17) is 9.72 Å². The Morgan fingerprint density at radius 2 is 1.73 bits per heavy atom. The van der Waals surface area contributed by atoms with Crippen LogP contribution in [0, 0.1) is 6.92 Å². The number of para-hydroxylation sites is 2. The molecular weight excluding hydrogens is 348 g/mol. The van der Waals surface area contributed by atoms with Crippen LogP contribution in [-0.4, -0.2) is 37.3 Å². The molecule has 0 unspecified atom stereocenters. The molecule has 0 atom stereocenters. The molecule has 0 amide bonds. The number of aromatic nitrogens is 6. The fraction of sp³-hybridized carbons (Fsp3) is 0.167. The average molecular weight is 364 g/mol. The second-order valence-electron chi connectivity index (χ2n) is 5.60. The van der Waals surface area contributed by atoms with E-state index in [9.17, 15) is 0 Å². The third kappa shape index (κ3) is 3.23. The Morgan fingerprint density at radius 1 is 1.00 bits per heavy atom. The summed E-state index contributed by atoms with van der Waals surface area (Å²) in [5.74, 6) is 1.43. The number of aryl methyl sites for hydroxylation is 1. The van der Waals surface area contributed by atoms with Crippen molar-refractivity contribution in [3.05, 3.63) is 59.9 Å². The molecule has 130 valence electrons. The first-order valence-electron chi connectivity index (χ1n) is 8.02. The van der Waals surface area contributed by atoms with E-state index in [1.165, 1.54) is 11.8 Å². The van der Waals surface area contributed by atoms with E-state index in [2.05, 4.69) is 20.5 Å². The highest BCUT2D eigenvalue weighted by atomic mass is 32.2. The van der Waals surface area contributed by atoms with E-state index in [1.807, 2.05) is 55.5 Å². The molecule has 7 nitrogen and oxygen atoms in total. The first kappa shape index (κ1) is 16.5. The first-order valence-corrected chi connectivity index (χ1v) is 9.01. The minimum absolute atomic E-state index is 0.639. The molecule has 2 aromatic carbocycles. The molecule has 0 radical (unpaired) electrons. The highest BCUT2D eigenvalue weighted by Crippen LogP contribution is 2.24. The van der Waals surface area contributed by atoms with Crippen LogP contribution in [0.25, 0.3) is 16.7 Å². The number of tetrazole rings is 1. The summed E-state index contributed by atoms with van der Waals surface area (Å²) < 4.78 is 6.89. The zero-order chi connectivity index (χ0) is 17.9. The van der Waals surface area contributed by atoms with Gasteiger partial charge in [0.2, 0.25) is 5.16 Å². The number of methoxy groups -OCH3 is 1. The number of hydrogen-bond donors (Lipinski definition) is 0. The van der Waals surface area contributed by atoms with Gasteiger partial charge in [0, 0.05) is 5.75 Å². The minimum Gasteiger partial charge on any atom is -0.497 e. The van der Waals surface area contributed by atoms with Gasteiger partial charge in [-0.15, -0.1) is 5.10 Å². The number of thioether (sulfide) groups is 1. The van der Waals surface area contributed by atoms with Crippen LogP contribution < -0.4 is 4.74 Å². The number of fused-ring (bicyclic) bond motifs is 1. The zero-order valence-electron chi connectivity index (χ0n) is 14.3. The van der Waals surface area contributed by atoms with Crippen LogP contribution in [0.5, 0.6) is 5.75 Å². The van der Waals surface area contributed by atoms with Crippen molar-refractivity contribution in [2.45, 2.75) is 17.8 Å². The van der Waals surface area contributed by atoms with Crippen LogP contribution >= 0.6 is 11.8 Å². The molecule has 0 spiro atoms. The number of nitrogens with zero attached hydrogens (tertiary/aromatic N) is 6. The van der Waals surface area contributed by atoms with Crippen molar-refractivity contribution in [2.24, 2.45) is 0 Å². The van der Waals surface area contributed by atoms with Crippen molar-refractivity contribution in [1.82, 2.24) is 30.2 Å². The van der Waals surface area contributed by atoms with Crippen molar-refractivity contribution < 1.29 is 4.74 Å². The number of hydrogen-bond acceptors (Lipinski definition) is 7. The van der Waals surface area contributed by atoms with Gasteiger partial charge in [0.25, 0.3) is 0 Å². The lowest BCUT2D eigenvalue weighted by Crippen LogP contribution is -2.01. The fourth-order valence-corrected chi connectivity index (χ4v) is 3.45. The maximum Gasteiger partial charge on any atom is 0.214 e. The summed E-state index contributed by atoms with van der Waals surface area (Å²) in [7, 11) is 1.64. The lowest BCUT2D eigenvalue weighted by molar-refractivity contribution is 0.414. The van der Waals surface area contributed by atoms with Gasteiger partial charge in [-0.25, -0.2) is 9.97 Å². The Balaban J connectivity index is 1.57. The lowest BCUT2D eigenvalue weighted by atomic mass is 10.2. The lowest BCUT2D eigenvalue weighted by Gasteiger charge is -2.07. The maximum absolute atomic E-state index is 5.19. The van der Waals surface area contributed by atoms with Crippen LogP contribution in [0.1, 0.15) is 11.4 Å². The number of rotatable bonds is 5. The summed E-state index contributed by atoms with van der Waals surface area (Å²) in [6.07, 6.45) is 0. The largest absolute Gasteiger partial charge is 0.497 e. The van der Waals surface area contributed by atoms with E-state index in [1.54, 1.807) is 11.8 Å². The van der Waals surface area contributed by atoms with Gasteiger partial charge in [-0.1, -0.05) is 23.9 Å². The van der Waals surface area contributed by atoms with Crippen LogP contribution in [0.4, 0.5) is 0 Å². The summed E-state index contributed by atoms with van der Waals surface area (Å²) >= 11 is 1.53. The zero-order valence-corrected chi connectivity index (χ0v) is 15.1. The van der Waals surface area contributed by atoms with Crippen molar-refractivity contribution >= 4 is 22.8 Å². The predicted octanol–water partition coefficient (Wildman–Crippen LogP) is 3.21. The topological polar surface area (TPSA) is 78.6 Å². The fourth-order valence-electron chi connectivity index (χ4n) is 2.55. The third-order valence-electron chi connectivity index (χ3n) is 3.94. The van der Waals surface area contributed by atoms with Crippen molar-refractivity contribution in [3.63, 3.8) is 0 Å². The van der Waals surface area contributed by atoms with Gasteiger partial charge in [-0.3, -0.25) is 0 Å². The van der Waals surface area contributed by atoms with Gasteiger partial charge in [-0.2, -0.15) is 4.68 Å². The summed E-state index contributed by atoms with van der Waals surface area (Å²) in [6.45, 7) is 1.97. The Kier molecular flexibility index (Phi) is 4.49. The molecule has 0 aliphatic rings. The van der Waals surface area contributed by atoms with Gasteiger partial charge in [0.1, 0.15) is 5.75 Å². The number of ether oxygens (including phenoxy) is 1. The van der Waals surface area contributed by atoms with Gasteiger partial charge < -0.3 is 4.74 Å². The Hall–Kier alpha value is -3.00. The molecule has 0 bridgehead atoms. The van der Waals surface area contributed by atoms with Crippen molar-refractivity contribution in [1.29, 1.82) is 0 Å². The Labute approximate surface area is 154 Å². The molecule has 0 aliphatic carbocycles. The Bertz CT molecular complexity index is 1050. The molecule has 0 saturated carbocycles. The van der Waals surface area contributed by atoms with Crippen LogP contribution in [0.2, 0.25) is 0 Å². The van der Waals surface area contributed by atoms with Gasteiger partial charge in [0.05, 0.1) is 35.2 Å². The molecule has 4 aromatic rings. The maximum atomic E-state index is 5.19. The SMILES string of the molecule is COc1ccc(-n2nnnc2SCc2nc3ccccc3nc2C)cc1. The second kappa shape index (κ2) is 7.09. The average Bonchev–Trinajstić information content (AvgIpc) is 3.15. The monoisotopic (exact) mass is 364 g/mol. The highest BCUT2D eigenvalue weighted by Gasteiger charge is 2.12. The normalized spacial score (nSPS) is 11.0. The van der Waals surface area contributed by atoms with Crippen LogP contribution in [0.3, 0.4) is 0 Å². The smallest absolute Gasteiger partial charge is 0.214 e. The molecular formula is C18H16N6OS. The van der Waals surface area contributed by atoms with E-state index < -0.39 is 0 Å². The van der Waals surface area contributed by atoms with E-state index in [0.717, 1.165) is 33.9 Å². The first-order chi connectivity index (χ1) is 12.7. The van der Waals surface area contributed by atoms with E-state index in [-0.39, 0.29) is 0 Å². The second-order valence-corrected chi connectivity index (χ2v) is 6.55. The molecule has 0 aliphatic heterocycles. The molecule has 4 rings (SSSR count). The molecule has 0 N–H and O–H groups in total. The van der Waals surface area contributed by atoms with Gasteiger partial charge >= 0.3 is 0 Å². The van der Waals surface area contributed by atoms with Crippen LogP contribution in [0.15, 0.2) is 53.7 Å². The van der Waals surface area contributed by atoms with Gasteiger partial charge in [-0.05, 0) is 53.7 Å². The molecule has 0 saturated heterocycles. The quantitative estimate of drug-likeness (QED) is 0.503. The third-order valence-corrected chi connectivity index (χ3v) is 4.87. The highest BCUT2D eigenvalue weighted by molar-refractivity contribution is 7.98. The minimum atomic E-state index is 0.639. The summed E-state index contributed by atoms with van der Waals surface area (Å²) in [5, 5.41) is 12.7. The predicted molar refractivity (Wildman–Crippen MR) is 99.5 cm³/mol. The Morgan fingerprint density at radius 3 is 2.46 bits per heavy atom. The van der Waals surface area contributed by atoms with Gasteiger partial charge in [0.15, 0.2) is 0 Å². The van der Waals surface area contributed by atoms with E-state index in [0.29, 0.717) is 10.9 Å². The number of benzene rings is 2. The summed E-state index contributed by atoms with van der Waals surface area (Å²) in [6, 6.07) is 15.5. The molecule has 26 heavy (non-hydrogen) atoms. The summed E-state index contributed by atoms with van der Waals surface area (Å²) in [4.78, 5) is 9.35. The standard InChI is InChI=1S/C18H16N6OS/c1-12-17(20-16-6-4-3-5-15(16)19-12)11-26-18-21-22-23-24(18)13-7-9-14(25-2)10-8-13/h3-10H,11H2,1-2H3. The van der Waals surface area contributed by atoms with Crippen molar-refractivity contribution in [2.75, 3.05) is 7.11 Å². The van der Waals surface area contributed by atoms with E-state index >= 15 is 0 Å². The summed E-state index contributed by atoms with van der Waals surface area (Å²) in [5.41, 5.74) is 4.52. The van der Waals surface area contributed by atoms with Crippen LogP contribution in [-0.2, 0) is 5.75 Å². The molecule has 2 aromatic heterocycles.